The molecule has 0 saturated heterocycles. The second-order valence-corrected chi connectivity index (χ2v) is 5.20. The fourth-order valence-electron chi connectivity index (χ4n) is 1.51. The first kappa shape index (κ1) is 13.2. The molecule has 0 saturated carbocycles. The number of hydrogen-bond donors (Lipinski definition) is 1. The summed E-state index contributed by atoms with van der Waals surface area (Å²) < 4.78 is 26.0. The van der Waals surface area contributed by atoms with Gasteiger partial charge in [-0.05, 0) is 35.9 Å². The standard InChI is InChI=1S/C13H10ClF2NS/c14-9-1-2-13(12(17)5-9)18-7-8-3-10(15)6-11(16)4-8/h1-6H,7,17H2. The zero-order valence-electron chi connectivity index (χ0n) is 9.29. The van der Waals surface area contributed by atoms with Gasteiger partial charge in [0.05, 0.1) is 0 Å². The molecule has 0 bridgehead atoms. The van der Waals surface area contributed by atoms with E-state index in [4.69, 9.17) is 17.3 Å². The van der Waals surface area contributed by atoms with Crippen LogP contribution in [-0.4, -0.2) is 0 Å². The molecule has 0 aliphatic carbocycles. The first-order valence-corrected chi connectivity index (χ1v) is 6.54. The molecule has 0 fully saturated rings. The SMILES string of the molecule is Nc1cc(Cl)ccc1SCc1cc(F)cc(F)c1. The van der Waals surface area contributed by atoms with E-state index in [1.165, 1.54) is 23.9 Å². The van der Waals surface area contributed by atoms with E-state index in [1.807, 2.05) is 0 Å². The van der Waals surface area contributed by atoms with Crippen LogP contribution in [0.5, 0.6) is 0 Å². The summed E-state index contributed by atoms with van der Waals surface area (Å²) in [5.41, 5.74) is 6.93. The number of nitrogens with two attached hydrogens (primary N) is 1. The van der Waals surface area contributed by atoms with Gasteiger partial charge in [-0.1, -0.05) is 11.6 Å². The number of thioether (sulfide) groups is 1. The van der Waals surface area contributed by atoms with Crippen LogP contribution in [0.25, 0.3) is 0 Å². The molecule has 2 rings (SSSR count). The molecule has 0 aliphatic heterocycles. The molecule has 2 aromatic rings. The minimum atomic E-state index is -0.574. The number of rotatable bonds is 3. The Morgan fingerprint density at radius 1 is 1.06 bits per heavy atom. The predicted molar refractivity (Wildman–Crippen MR) is 71.8 cm³/mol. The van der Waals surface area contributed by atoms with E-state index in [2.05, 4.69) is 0 Å². The van der Waals surface area contributed by atoms with Gasteiger partial charge in [0.1, 0.15) is 11.6 Å². The summed E-state index contributed by atoms with van der Waals surface area (Å²) in [7, 11) is 0. The molecule has 0 radical (unpaired) electrons. The molecular formula is C13H10ClF2NS. The van der Waals surface area contributed by atoms with E-state index in [-0.39, 0.29) is 0 Å². The molecule has 0 aromatic heterocycles. The summed E-state index contributed by atoms with van der Waals surface area (Å²) in [5.74, 6) is -0.704. The Morgan fingerprint density at radius 2 is 1.72 bits per heavy atom. The molecule has 94 valence electrons. The number of halogens is 3. The summed E-state index contributed by atoms with van der Waals surface area (Å²) in [4.78, 5) is 0.837. The Labute approximate surface area is 113 Å². The number of anilines is 1. The molecule has 0 amide bonds. The summed E-state index contributed by atoms with van der Waals surface area (Å²) in [6.07, 6.45) is 0. The highest BCUT2D eigenvalue weighted by Gasteiger charge is 2.04. The largest absolute Gasteiger partial charge is 0.398 e. The van der Waals surface area contributed by atoms with Crippen molar-refractivity contribution in [1.29, 1.82) is 0 Å². The second-order valence-electron chi connectivity index (χ2n) is 3.75. The van der Waals surface area contributed by atoms with Crippen LogP contribution >= 0.6 is 23.4 Å². The summed E-state index contributed by atoms with van der Waals surface area (Å²) in [6.45, 7) is 0. The van der Waals surface area contributed by atoms with Crippen LogP contribution < -0.4 is 5.73 Å². The first-order chi connectivity index (χ1) is 8.54. The van der Waals surface area contributed by atoms with Crippen molar-refractivity contribution in [2.75, 3.05) is 5.73 Å². The van der Waals surface area contributed by atoms with Crippen molar-refractivity contribution in [3.05, 3.63) is 58.6 Å². The molecule has 0 atom stereocenters. The van der Waals surface area contributed by atoms with Gasteiger partial charge in [0.15, 0.2) is 0 Å². The van der Waals surface area contributed by atoms with Gasteiger partial charge in [0.2, 0.25) is 0 Å². The predicted octanol–water partition coefficient (Wildman–Crippen LogP) is 4.49. The Hall–Kier alpha value is -1.26. The van der Waals surface area contributed by atoms with E-state index in [1.54, 1.807) is 18.2 Å². The third-order valence-electron chi connectivity index (χ3n) is 2.29. The first-order valence-electron chi connectivity index (χ1n) is 5.17. The van der Waals surface area contributed by atoms with Gasteiger partial charge in [0.25, 0.3) is 0 Å². The van der Waals surface area contributed by atoms with Gasteiger partial charge in [-0.2, -0.15) is 0 Å². The third-order valence-corrected chi connectivity index (χ3v) is 3.68. The normalized spacial score (nSPS) is 10.6. The topological polar surface area (TPSA) is 26.0 Å². The Balaban J connectivity index is 2.11. The van der Waals surface area contributed by atoms with Gasteiger partial charge in [-0.15, -0.1) is 11.8 Å². The van der Waals surface area contributed by atoms with E-state index in [9.17, 15) is 8.78 Å². The maximum absolute atomic E-state index is 13.0. The quantitative estimate of drug-likeness (QED) is 0.664. The highest BCUT2D eigenvalue weighted by atomic mass is 35.5. The fraction of sp³-hybridized carbons (Fsp3) is 0.0769. The van der Waals surface area contributed by atoms with Gasteiger partial charge < -0.3 is 5.73 Å². The average Bonchev–Trinajstić information content (AvgIpc) is 2.26. The van der Waals surface area contributed by atoms with Crippen LogP contribution in [-0.2, 0) is 5.75 Å². The van der Waals surface area contributed by atoms with Crippen LogP contribution in [0.15, 0.2) is 41.3 Å². The Bertz CT molecular complexity index is 555. The van der Waals surface area contributed by atoms with Gasteiger partial charge in [-0.25, -0.2) is 8.78 Å². The second kappa shape index (κ2) is 5.59. The maximum Gasteiger partial charge on any atom is 0.126 e. The van der Waals surface area contributed by atoms with E-state index < -0.39 is 11.6 Å². The van der Waals surface area contributed by atoms with Crippen molar-refractivity contribution in [3.8, 4) is 0 Å². The Kier molecular flexibility index (Phi) is 4.09. The van der Waals surface area contributed by atoms with Gasteiger partial charge in [-0.3, -0.25) is 0 Å². The molecule has 0 heterocycles. The average molecular weight is 286 g/mol. The lowest BCUT2D eigenvalue weighted by Gasteiger charge is -2.06. The van der Waals surface area contributed by atoms with E-state index >= 15 is 0 Å². The smallest absolute Gasteiger partial charge is 0.126 e. The third kappa shape index (κ3) is 3.37. The van der Waals surface area contributed by atoms with Crippen molar-refractivity contribution in [3.63, 3.8) is 0 Å². The van der Waals surface area contributed by atoms with Gasteiger partial charge >= 0.3 is 0 Å². The number of nitrogen functional groups attached to an aromatic ring is 1. The summed E-state index contributed by atoms with van der Waals surface area (Å²) in [6, 6.07) is 8.63. The molecular weight excluding hydrogens is 276 g/mol. The molecule has 0 unspecified atom stereocenters. The van der Waals surface area contributed by atoms with E-state index in [0.29, 0.717) is 22.0 Å². The Morgan fingerprint density at radius 3 is 2.33 bits per heavy atom. The molecule has 18 heavy (non-hydrogen) atoms. The fourth-order valence-corrected chi connectivity index (χ4v) is 2.57. The molecule has 0 aliphatic rings. The van der Waals surface area contributed by atoms with Crippen LogP contribution in [0.4, 0.5) is 14.5 Å². The lowest BCUT2D eigenvalue weighted by atomic mass is 10.2. The lowest BCUT2D eigenvalue weighted by molar-refractivity contribution is 0.581. The molecule has 5 heteroatoms. The van der Waals surface area contributed by atoms with Crippen molar-refractivity contribution < 1.29 is 8.78 Å². The maximum atomic E-state index is 13.0. The minimum absolute atomic E-state index is 0.445. The monoisotopic (exact) mass is 285 g/mol. The van der Waals surface area contributed by atoms with Gasteiger partial charge in [0, 0.05) is 27.4 Å². The molecule has 1 nitrogen and oxygen atoms in total. The van der Waals surface area contributed by atoms with Crippen LogP contribution in [0, 0.1) is 11.6 Å². The van der Waals surface area contributed by atoms with Crippen LogP contribution in [0.3, 0.4) is 0 Å². The highest BCUT2D eigenvalue weighted by Crippen LogP contribution is 2.30. The van der Waals surface area contributed by atoms with E-state index in [0.717, 1.165) is 11.0 Å². The highest BCUT2D eigenvalue weighted by molar-refractivity contribution is 7.98. The molecule has 0 spiro atoms. The van der Waals surface area contributed by atoms with Crippen molar-refractivity contribution >= 4 is 29.1 Å². The van der Waals surface area contributed by atoms with Crippen molar-refractivity contribution in [1.82, 2.24) is 0 Å². The summed E-state index contributed by atoms with van der Waals surface area (Å²) in [5, 5.41) is 0.564. The zero-order valence-corrected chi connectivity index (χ0v) is 10.9. The minimum Gasteiger partial charge on any atom is -0.398 e. The van der Waals surface area contributed by atoms with Crippen LogP contribution in [0.1, 0.15) is 5.56 Å². The zero-order chi connectivity index (χ0) is 13.1. The number of benzene rings is 2. The number of hydrogen-bond acceptors (Lipinski definition) is 2. The van der Waals surface area contributed by atoms with Crippen molar-refractivity contribution in [2.45, 2.75) is 10.6 Å². The molecule has 2 aromatic carbocycles. The summed E-state index contributed by atoms with van der Waals surface area (Å²) >= 11 is 7.20. The van der Waals surface area contributed by atoms with Crippen molar-refractivity contribution in [2.24, 2.45) is 0 Å². The van der Waals surface area contributed by atoms with Crippen LogP contribution in [0.2, 0.25) is 5.02 Å². The lowest BCUT2D eigenvalue weighted by Crippen LogP contribution is -1.90. The molecule has 2 N–H and O–H groups in total.